The van der Waals surface area contributed by atoms with Crippen LogP contribution in [0.2, 0.25) is 0 Å². The van der Waals surface area contributed by atoms with E-state index in [4.69, 9.17) is 9.47 Å². The number of ether oxygens (including phenoxy) is 2. The lowest BCUT2D eigenvalue weighted by Gasteiger charge is -2.08. The standard InChI is InChI=1S/C16H15N3O5/c20-16(17-8-11-1-4-13(5-2-11)19(21)22)18-9-12-3-6-14-15(7-12)24-10-23-14/h1-7H,8-10H2,(H2,17,18,20). The number of carbonyl (C=O) groups is 1. The van der Waals surface area contributed by atoms with E-state index in [1.165, 1.54) is 12.1 Å². The highest BCUT2D eigenvalue weighted by molar-refractivity contribution is 5.73. The number of rotatable bonds is 5. The van der Waals surface area contributed by atoms with E-state index in [-0.39, 0.29) is 25.1 Å². The smallest absolute Gasteiger partial charge is 0.315 e. The first kappa shape index (κ1) is 15.6. The molecule has 0 saturated heterocycles. The SMILES string of the molecule is O=C(NCc1ccc([N+](=O)[O-])cc1)NCc1ccc2c(c1)OCO2. The molecule has 0 unspecified atom stereocenters. The van der Waals surface area contributed by atoms with Crippen molar-refractivity contribution in [2.24, 2.45) is 0 Å². The highest BCUT2D eigenvalue weighted by atomic mass is 16.7. The second-order valence-corrected chi connectivity index (χ2v) is 5.15. The van der Waals surface area contributed by atoms with E-state index in [0.717, 1.165) is 11.1 Å². The van der Waals surface area contributed by atoms with Gasteiger partial charge in [-0.15, -0.1) is 0 Å². The van der Waals surface area contributed by atoms with Crippen molar-refractivity contribution < 1.29 is 19.2 Å². The fourth-order valence-corrected chi connectivity index (χ4v) is 2.21. The predicted octanol–water partition coefficient (Wildman–Crippen LogP) is 2.32. The first-order valence-corrected chi connectivity index (χ1v) is 7.25. The average molecular weight is 329 g/mol. The lowest BCUT2D eigenvalue weighted by molar-refractivity contribution is -0.384. The zero-order valence-corrected chi connectivity index (χ0v) is 12.7. The molecule has 3 rings (SSSR count). The molecule has 124 valence electrons. The van der Waals surface area contributed by atoms with E-state index in [0.29, 0.717) is 18.0 Å². The second-order valence-electron chi connectivity index (χ2n) is 5.15. The first-order chi connectivity index (χ1) is 11.6. The summed E-state index contributed by atoms with van der Waals surface area (Å²) < 4.78 is 10.5. The Kier molecular flexibility index (Phi) is 4.46. The van der Waals surface area contributed by atoms with Crippen molar-refractivity contribution in [3.8, 4) is 11.5 Å². The van der Waals surface area contributed by atoms with Crippen molar-refractivity contribution in [3.63, 3.8) is 0 Å². The van der Waals surface area contributed by atoms with Gasteiger partial charge in [0.15, 0.2) is 11.5 Å². The summed E-state index contributed by atoms with van der Waals surface area (Å²) in [7, 11) is 0. The highest BCUT2D eigenvalue weighted by Gasteiger charge is 2.13. The van der Waals surface area contributed by atoms with Gasteiger partial charge in [-0.1, -0.05) is 18.2 Å². The molecule has 0 aromatic heterocycles. The summed E-state index contributed by atoms with van der Waals surface area (Å²) in [4.78, 5) is 21.9. The van der Waals surface area contributed by atoms with E-state index >= 15 is 0 Å². The van der Waals surface area contributed by atoms with Crippen LogP contribution in [0.25, 0.3) is 0 Å². The minimum atomic E-state index is -0.463. The zero-order chi connectivity index (χ0) is 16.9. The van der Waals surface area contributed by atoms with Crippen molar-refractivity contribution in [3.05, 3.63) is 63.7 Å². The highest BCUT2D eigenvalue weighted by Crippen LogP contribution is 2.32. The van der Waals surface area contributed by atoms with E-state index in [1.54, 1.807) is 18.2 Å². The van der Waals surface area contributed by atoms with Gasteiger partial charge < -0.3 is 20.1 Å². The third-order valence-corrected chi connectivity index (χ3v) is 3.49. The Balaban J connectivity index is 1.46. The van der Waals surface area contributed by atoms with Gasteiger partial charge in [0.25, 0.3) is 5.69 Å². The molecule has 0 saturated carbocycles. The van der Waals surface area contributed by atoms with Gasteiger partial charge in [-0.2, -0.15) is 0 Å². The molecule has 8 heteroatoms. The molecule has 2 N–H and O–H groups in total. The Morgan fingerprint density at radius 1 is 1.00 bits per heavy atom. The monoisotopic (exact) mass is 329 g/mol. The Morgan fingerprint density at radius 3 is 2.33 bits per heavy atom. The van der Waals surface area contributed by atoms with E-state index in [2.05, 4.69) is 10.6 Å². The summed E-state index contributed by atoms with van der Waals surface area (Å²) in [5.74, 6) is 1.36. The fourth-order valence-electron chi connectivity index (χ4n) is 2.21. The molecule has 0 fully saturated rings. The van der Waals surface area contributed by atoms with Gasteiger partial charge in [-0.25, -0.2) is 4.79 Å². The van der Waals surface area contributed by atoms with Crippen LogP contribution >= 0.6 is 0 Å². The van der Waals surface area contributed by atoms with Crippen LogP contribution in [-0.2, 0) is 13.1 Å². The molecule has 1 aliphatic heterocycles. The van der Waals surface area contributed by atoms with Crippen LogP contribution in [0.15, 0.2) is 42.5 Å². The number of benzene rings is 2. The molecule has 0 aliphatic carbocycles. The van der Waals surface area contributed by atoms with Crippen molar-refractivity contribution in [2.45, 2.75) is 13.1 Å². The largest absolute Gasteiger partial charge is 0.454 e. The molecular weight excluding hydrogens is 314 g/mol. The van der Waals surface area contributed by atoms with Gasteiger partial charge in [0.2, 0.25) is 6.79 Å². The van der Waals surface area contributed by atoms with E-state index < -0.39 is 4.92 Å². The number of hydrogen-bond acceptors (Lipinski definition) is 5. The lowest BCUT2D eigenvalue weighted by atomic mass is 10.2. The molecule has 0 bridgehead atoms. The molecule has 2 aromatic rings. The topological polar surface area (TPSA) is 103 Å². The van der Waals surface area contributed by atoms with Crippen molar-refractivity contribution in [1.82, 2.24) is 10.6 Å². The maximum Gasteiger partial charge on any atom is 0.315 e. The minimum Gasteiger partial charge on any atom is -0.454 e. The molecule has 1 aliphatic rings. The zero-order valence-electron chi connectivity index (χ0n) is 12.7. The predicted molar refractivity (Wildman–Crippen MR) is 84.7 cm³/mol. The van der Waals surface area contributed by atoms with Crippen molar-refractivity contribution >= 4 is 11.7 Å². The van der Waals surface area contributed by atoms with Crippen molar-refractivity contribution in [1.29, 1.82) is 0 Å². The maximum absolute atomic E-state index is 11.8. The Morgan fingerprint density at radius 2 is 1.62 bits per heavy atom. The second kappa shape index (κ2) is 6.86. The van der Waals surface area contributed by atoms with Crippen LogP contribution in [0.4, 0.5) is 10.5 Å². The quantitative estimate of drug-likeness (QED) is 0.647. The number of fused-ring (bicyclic) bond motifs is 1. The summed E-state index contributed by atoms with van der Waals surface area (Å²) in [6.07, 6.45) is 0. The third-order valence-electron chi connectivity index (χ3n) is 3.49. The average Bonchev–Trinajstić information content (AvgIpc) is 3.06. The lowest BCUT2D eigenvalue weighted by Crippen LogP contribution is -2.34. The number of nitro groups is 1. The van der Waals surface area contributed by atoms with Crippen molar-refractivity contribution in [2.75, 3.05) is 6.79 Å². The third kappa shape index (κ3) is 3.72. The number of nitrogens with one attached hydrogen (secondary N) is 2. The molecule has 2 amide bonds. The molecule has 24 heavy (non-hydrogen) atoms. The molecular formula is C16H15N3O5. The van der Waals surface area contributed by atoms with Crippen LogP contribution in [0, 0.1) is 10.1 Å². The molecule has 0 atom stereocenters. The molecule has 1 heterocycles. The summed E-state index contributed by atoms with van der Waals surface area (Å²) in [5.41, 5.74) is 1.69. The Hall–Kier alpha value is -3.29. The number of nitro benzene ring substituents is 1. The molecule has 0 spiro atoms. The normalized spacial score (nSPS) is 11.8. The van der Waals surface area contributed by atoms with Gasteiger partial charge >= 0.3 is 6.03 Å². The van der Waals surface area contributed by atoms with Gasteiger partial charge in [0, 0.05) is 25.2 Å². The summed E-state index contributed by atoms with van der Waals surface area (Å²) >= 11 is 0. The minimum absolute atomic E-state index is 0.0195. The number of hydrogen-bond donors (Lipinski definition) is 2. The van der Waals surface area contributed by atoms with Crippen LogP contribution in [-0.4, -0.2) is 17.7 Å². The molecule has 0 radical (unpaired) electrons. The Labute approximate surface area is 137 Å². The maximum atomic E-state index is 11.8. The number of amides is 2. The van der Waals surface area contributed by atoms with Gasteiger partial charge in [-0.05, 0) is 23.3 Å². The summed E-state index contributed by atoms with van der Waals surface area (Å²) in [6.45, 7) is 0.843. The number of non-ortho nitro benzene ring substituents is 1. The van der Waals surface area contributed by atoms with E-state index in [1.807, 2.05) is 12.1 Å². The van der Waals surface area contributed by atoms with Crippen LogP contribution in [0.3, 0.4) is 0 Å². The van der Waals surface area contributed by atoms with Gasteiger partial charge in [0.05, 0.1) is 4.92 Å². The molecule has 2 aromatic carbocycles. The van der Waals surface area contributed by atoms with Crippen LogP contribution in [0.1, 0.15) is 11.1 Å². The number of carbonyl (C=O) groups excluding carboxylic acids is 1. The Bertz CT molecular complexity index is 761. The first-order valence-electron chi connectivity index (χ1n) is 7.25. The van der Waals surface area contributed by atoms with Crippen LogP contribution in [0.5, 0.6) is 11.5 Å². The van der Waals surface area contributed by atoms with Gasteiger partial charge in [-0.3, -0.25) is 10.1 Å². The summed E-state index contributed by atoms with van der Waals surface area (Å²) in [5, 5.41) is 16.0. The number of nitrogens with zero attached hydrogens (tertiary/aromatic N) is 1. The number of urea groups is 1. The fraction of sp³-hybridized carbons (Fsp3) is 0.188. The van der Waals surface area contributed by atoms with Crippen LogP contribution < -0.4 is 20.1 Å². The van der Waals surface area contributed by atoms with E-state index in [9.17, 15) is 14.9 Å². The molecule has 8 nitrogen and oxygen atoms in total. The van der Waals surface area contributed by atoms with Gasteiger partial charge in [0.1, 0.15) is 0 Å². The summed E-state index contributed by atoms with van der Waals surface area (Å²) in [6, 6.07) is 11.2.